The van der Waals surface area contributed by atoms with Crippen molar-refractivity contribution in [2.75, 3.05) is 6.54 Å². The van der Waals surface area contributed by atoms with Crippen molar-refractivity contribution in [1.82, 2.24) is 10.2 Å². The Morgan fingerprint density at radius 3 is 1.64 bits per heavy atom. The Labute approximate surface area is 317 Å². The molecule has 0 spiro atoms. The number of rotatable bonds is 19. The van der Waals surface area contributed by atoms with Gasteiger partial charge in [0.2, 0.25) is 5.91 Å². The summed E-state index contributed by atoms with van der Waals surface area (Å²) in [6, 6.07) is 27.9. The van der Waals surface area contributed by atoms with Gasteiger partial charge in [0.15, 0.2) is 0 Å². The highest BCUT2D eigenvalue weighted by Crippen LogP contribution is 2.20. The molecule has 0 heterocycles. The minimum Gasteiger partial charge on any atom is -0.461 e. The van der Waals surface area contributed by atoms with E-state index in [4.69, 9.17) is 24.7 Å². The van der Waals surface area contributed by atoms with E-state index in [9.17, 15) is 34.1 Å². The predicted molar refractivity (Wildman–Crippen MR) is 198 cm³/mol. The number of ether oxygens (including phenoxy) is 4. The first kappa shape index (κ1) is 41.2. The maximum atomic E-state index is 14.2. The summed E-state index contributed by atoms with van der Waals surface area (Å²) in [5, 5.41) is 13.7. The number of non-ortho nitro benzene ring substituents is 1. The van der Waals surface area contributed by atoms with Gasteiger partial charge >= 0.3 is 24.1 Å². The highest BCUT2D eigenvalue weighted by atomic mass is 16.6. The molecule has 2 atom stereocenters. The van der Waals surface area contributed by atoms with E-state index in [1.807, 2.05) is 6.07 Å². The number of hydrogen-bond acceptors (Lipinski definition) is 12. The third-order valence-corrected chi connectivity index (χ3v) is 8.10. The lowest BCUT2D eigenvalue weighted by molar-refractivity contribution is -0.384. The lowest BCUT2D eigenvalue weighted by Gasteiger charge is -2.29. The summed E-state index contributed by atoms with van der Waals surface area (Å²) < 4.78 is 21.8. The molecule has 0 aliphatic carbocycles. The van der Waals surface area contributed by atoms with Crippen LogP contribution in [0.5, 0.6) is 5.75 Å². The Bertz CT molecular complexity index is 1810. The fraction of sp³-hybridized carbons (Fsp3) is 0.275. The molecule has 55 heavy (non-hydrogen) atoms. The molecule has 4 aromatic rings. The van der Waals surface area contributed by atoms with E-state index in [1.54, 1.807) is 84.9 Å². The van der Waals surface area contributed by atoms with Crippen molar-refractivity contribution in [3.05, 3.63) is 142 Å². The van der Waals surface area contributed by atoms with Gasteiger partial charge < -0.3 is 30.0 Å². The molecule has 0 aromatic heterocycles. The molecule has 0 saturated heterocycles. The molecule has 0 fully saturated rings. The average molecular weight is 755 g/mol. The molecular formula is C40H42N4O11. The molecule has 15 heteroatoms. The van der Waals surface area contributed by atoms with Crippen LogP contribution in [0.4, 0.5) is 15.3 Å². The van der Waals surface area contributed by atoms with Crippen molar-refractivity contribution in [3.63, 3.8) is 0 Å². The van der Waals surface area contributed by atoms with Crippen LogP contribution in [0.1, 0.15) is 48.8 Å². The fourth-order valence-corrected chi connectivity index (χ4v) is 5.18. The first-order valence-electron chi connectivity index (χ1n) is 17.5. The molecule has 0 aliphatic heterocycles. The van der Waals surface area contributed by atoms with Crippen molar-refractivity contribution in [3.8, 4) is 5.75 Å². The van der Waals surface area contributed by atoms with Crippen LogP contribution < -0.4 is 15.8 Å². The first-order valence-corrected chi connectivity index (χ1v) is 17.5. The highest BCUT2D eigenvalue weighted by Gasteiger charge is 2.39. The van der Waals surface area contributed by atoms with Gasteiger partial charge in [0.1, 0.15) is 37.7 Å². The zero-order valence-electron chi connectivity index (χ0n) is 30.0. The van der Waals surface area contributed by atoms with Gasteiger partial charge in [-0.1, -0.05) is 91.0 Å². The number of nitrogens with one attached hydrogen (secondary N) is 1. The smallest absolute Gasteiger partial charge is 0.420 e. The van der Waals surface area contributed by atoms with Gasteiger partial charge in [-0.05, 0) is 61.1 Å². The second-order valence-electron chi connectivity index (χ2n) is 12.2. The predicted octanol–water partition coefficient (Wildman–Crippen LogP) is 5.98. The summed E-state index contributed by atoms with van der Waals surface area (Å²) in [4.78, 5) is 78.9. The van der Waals surface area contributed by atoms with E-state index in [1.165, 1.54) is 12.1 Å². The molecule has 0 bridgehead atoms. The molecule has 0 saturated carbocycles. The summed E-state index contributed by atoms with van der Waals surface area (Å²) in [7, 11) is 0. The molecule has 4 rings (SSSR count). The van der Waals surface area contributed by atoms with Crippen molar-refractivity contribution in [2.24, 2.45) is 5.73 Å². The van der Waals surface area contributed by atoms with E-state index in [0.717, 1.165) is 17.7 Å². The van der Waals surface area contributed by atoms with Crippen LogP contribution in [-0.4, -0.2) is 58.5 Å². The zero-order valence-corrected chi connectivity index (χ0v) is 30.0. The van der Waals surface area contributed by atoms with E-state index in [2.05, 4.69) is 5.32 Å². The largest absolute Gasteiger partial charge is 0.461 e. The van der Waals surface area contributed by atoms with Gasteiger partial charge in [-0.25, -0.2) is 14.4 Å². The molecule has 3 N–H and O–H groups in total. The van der Waals surface area contributed by atoms with E-state index >= 15 is 0 Å². The second-order valence-corrected chi connectivity index (χ2v) is 12.2. The number of esters is 2. The van der Waals surface area contributed by atoms with Crippen molar-refractivity contribution in [1.29, 1.82) is 0 Å². The molecule has 3 amide bonds. The molecular weight excluding hydrogens is 712 g/mol. The minimum absolute atomic E-state index is 0.0295. The minimum atomic E-state index is -1.56. The summed E-state index contributed by atoms with van der Waals surface area (Å²) in [5.74, 6) is -2.73. The summed E-state index contributed by atoms with van der Waals surface area (Å²) in [6.07, 6.45) is -2.38. The fourth-order valence-electron chi connectivity index (χ4n) is 5.18. The molecule has 0 aliphatic rings. The van der Waals surface area contributed by atoms with Crippen molar-refractivity contribution in [2.45, 2.75) is 64.0 Å². The maximum Gasteiger partial charge on any atom is 0.420 e. The number of nitrogens with zero attached hydrogens (tertiary/aromatic N) is 2. The third kappa shape index (κ3) is 13.7. The molecule has 0 unspecified atom stereocenters. The van der Waals surface area contributed by atoms with E-state index in [-0.39, 0.29) is 63.5 Å². The quantitative estimate of drug-likeness (QED) is 0.0283. The summed E-state index contributed by atoms with van der Waals surface area (Å²) >= 11 is 0. The van der Waals surface area contributed by atoms with E-state index in [0.29, 0.717) is 22.4 Å². The summed E-state index contributed by atoms with van der Waals surface area (Å²) in [5.41, 5.74) is 7.44. The van der Waals surface area contributed by atoms with Crippen LogP contribution in [0.25, 0.3) is 0 Å². The number of hydrogen-bond donors (Lipinski definition) is 2. The number of carbonyl (C=O) groups excluding carboxylic acids is 5. The van der Waals surface area contributed by atoms with E-state index < -0.39 is 47.0 Å². The number of benzene rings is 4. The average Bonchev–Trinajstić information content (AvgIpc) is 3.20. The number of nitro benzene ring substituents is 1. The second kappa shape index (κ2) is 21.8. The van der Waals surface area contributed by atoms with Gasteiger partial charge in [-0.2, -0.15) is 4.90 Å². The molecule has 0 radical (unpaired) electrons. The summed E-state index contributed by atoms with van der Waals surface area (Å²) in [6.45, 7) is -0.234. The Morgan fingerprint density at radius 2 is 1.16 bits per heavy atom. The Balaban J connectivity index is 1.58. The van der Waals surface area contributed by atoms with Crippen LogP contribution in [0.3, 0.4) is 0 Å². The monoisotopic (exact) mass is 754 g/mol. The van der Waals surface area contributed by atoms with Crippen LogP contribution in [0.2, 0.25) is 0 Å². The number of nitro groups is 1. The molecule has 4 aromatic carbocycles. The lowest BCUT2D eigenvalue weighted by Crippen LogP contribution is -2.56. The number of imide groups is 1. The van der Waals surface area contributed by atoms with Crippen LogP contribution in [0.15, 0.2) is 115 Å². The Kier molecular flexibility index (Phi) is 16.3. The maximum absolute atomic E-state index is 14.2. The van der Waals surface area contributed by atoms with Gasteiger partial charge in [0.05, 0.1) is 4.92 Å². The van der Waals surface area contributed by atoms with Crippen molar-refractivity contribution >= 4 is 35.7 Å². The topological polar surface area (TPSA) is 207 Å². The number of carbonyl (C=O) groups is 5. The molecule has 15 nitrogen and oxygen atoms in total. The Hall–Kier alpha value is -6.61. The van der Waals surface area contributed by atoms with Crippen LogP contribution in [-0.2, 0) is 48.4 Å². The Morgan fingerprint density at radius 1 is 0.673 bits per heavy atom. The SMILES string of the molecule is NCCCC[C@H](C(=O)N[C@H](CCC(=O)OCc1ccccc1)C(=O)Oc1ccc([N+](=O)[O-])cc1)N(C(=O)OCc1ccccc1)C(=O)OCc1ccccc1. The van der Waals surface area contributed by atoms with Gasteiger partial charge in [0.25, 0.3) is 5.69 Å². The normalized spacial score (nSPS) is 11.7. The van der Waals surface area contributed by atoms with Crippen LogP contribution >= 0.6 is 0 Å². The number of amides is 3. The zero-order chi connectivity index (χ0) is 39.4. The van der Waals surface area contributed by atoms with Gasteiger partial charge in [-0.15, -0.1) is 0 Å². The number of nitrogens with two attached hydrogens (primary N) is 1. The highest BCUT2D eigenvalue weighted by molar-refractivity contribution is 5.97. The van der Waals surface area contributed by atoms with Crippen molar-refractivity contribution < 1.29 is 47.8 Å². The van der Waals surface area contributed by atoms with Gasteiger partial charge in [0, 0.05) is 18.6 Å². The molecule has 288 valence electrons. The van der Waals surface area contributed by atoms with Gasteiger partial charge in [-0.3, -0.25) is 19.7 Å². The van der Waals surface area contributed by atoms with Crippen LogP contribution in [0, 0.1) is 10.1 Å². The third-order valence-electron chi connectivity index (χ3n) is 8.10. The first-order chi connectivity index (χ1) is 26.6. The standard InChI is InChI=1S/C40H42N4O11/c41-25-11-10-18-35(43(39(48)53-27-30-14-6-2-7-15-30)40(49)54-28-31-16-8-3-9-17-31)37(46)42-34(23-24-36(45)52-26-29-12-4-1-5-13-29)38(47)55-33-21-19-32(20-22-33)44(50)51/h1-9,12-17,19-22,34-35H,10-11,18,23-28,41H2,(H,42,46)/t34-,35-/m1/s1. The number of unbranched alkanes of at least 4 members (excludes halogenated alkanes) is 1. The lowest BCUT2D eigenvalue weighted by atomic mass is 10.1.